The Hall–Kier alpha value is -3.65. The van der Waals surface area contributed by atoms with E-state index in [2.05, 4.69) is 34.3 Å². The van der Waals surface area contributed by atoms with Crippen LogP contribution >= 0.6 is 0 Å². The Morgan fingerprint density at radius 2 is 1.92 bits per heavy atom. The van der Waals surface area contributed by atoms with Crippen molar-refractivity contribution < 1.29 is 19.1 Å². The summed E-state index contributed by atoms with van der Waals surface area (Å²) in [6.07, 6.45) is 4.50. The third kappa shape index (κ3) is 5.76. The van der Waals surface area contributed by atoms with Crippen LogP contribution in [-0.2, 0) is 32.8 Å². The van der Waals surface area contributed by atoms with Crippen molar-refractivity contribution in [2.45, 2.75) is 44.8 Å². The molecule has 3 aromatic rings. The first-order chi connectivity index (χ1) is 17.4. The monoisotopic (exact) mass is 490 g/mol. The summed E-state index contributed by atoms with van der Waals surface area (Å²) in [7, 11) is 1.61. The second-order valence-electron chi connectivity index (χ2n) is 9.17. The van der Waals surface area contributed by atoms with Crippen molar-refractivity contribution in [2.75, 3.05) is 26.8 Å². The number of nitrogens with one attached hydrogen (secondary N) is 2. The van der Waals surface area contributed by atoms with Crippen molar-refractivity contribution in [1.29, 1.82) is 0 Å². The van der Waals surface area contributed by atoms with Crippen molar-refractivity contribution in [3.05, 3.63) is 83.4 Å². The molecule has 4 rings (SSSR count). The quantitative estimate of drug-likeness (QED) is 0.430. The van der Waals surface area contributed by atoms with Crippen LogP contribution in [0.2, 0.25) is 0 Å². The van der Waals surface area contributed by atoms with Gasteiger partial charge in [-0.15, -0.1) is 0 Å². The lowest BCUT2D eigenvalue weighted by atomic mass is 9.82. The molecule has 0 bridgehead atoms. The van der Waals surface area contributed by atoms with Crippen molar-refractivity contribution in [3.63, 3.8) is 0 Å². The predicted octanol–water partition coefficient (Wildman–Crippen LogP) is 3.16. The molecular formula is C28H34N4O4. The Bertz CT molecular complexity index is 1150. The van der Waals surface area contributed by atoms with E-state index in [4.69, 9.17) is 9.47 Å². The topological polar surface area (TPSA) is 96.5 Å². The number of ether oxygens (including phenoxy) is 2. The standard InChI is InChI=1S/C28H34N4O4/c1-4-36-28(24-8-6-5-7-20(24)2)17-32(18-28)27(34)25(15-21-9-12-23(35-3)13-10-21)31-26(33)14-11-22-16-29-19-30-22/h5-10,12-13,16,19,25H,4,11,14-15,17-18H2,1-3H3,(H,29,30)(H,31,33)/t25-/m1/s1. The number of methoxy groups -OCH3 is 1. The number of carbonyl (C=O) groups excluding carboxylic acids is 2. The molecule has 8 nitrogen and oxygen atoms in total. The van der Waals surface area contributed by atoms with Crippen LogP contribution in [0.4, 0.5) is 0 Å². The number of carbonyl (C=O) groups is 2. The zero-order chi connectivity index (χ0) is 25.5. The van der Waals surface area contributed by atoms with E-state index in [9.17, 15) is 9.59 Å². The molecule has 1 fully saturated rings. The van der Waals surface area contributed by atoms with Gasteiger partial charge in [0.1, 0.15) is 17.4 Å². The lowest BCUT2D eigenvalue weighted by molar-refractivity contribution is -0.173. The Morgan fingerprint density at radius 3 is 2.56 bits per heavy atom. The first-order valence-electron chi connectivity index (χ1n) is 12.3. The number of nitrogens with zero attached hydrogens (tertiary/aromatic N) is 2. The van der Waals surface area contributed by atoms with E-state index in [1.807, 2.05) is 43.3 Å². The van der Waals surface area contributed by atoms with Crippen LogP contribution in [0.1, 0.15) is 35.7 Å². The van der Waals surface area contributed by atoms with E-state index < -0.39 is 11.6 Å². The molecule has 1 aromatic heterocycles. The molecule has 0 aliphatic carbocycles. The van der Waals surface area contributed by atoms with E-state index in [0.29, 0.717) is 32.5 Å². The molecule has 0 radical (unpaired) electrons. The van der Waals surface area contributed by atoms with Gasteiger partial charge >= 0.3 is 0 Å². The average molecular weight is 491 g/mol. The third-order valence-electron chi connectivity index (χ3n) is 6.66. The highest BCUT2D eigenvalue weighted by Gasteiger charge is 2.49. The van der Waals surface area contributed by atoms with Crippen LogP contribution in [0.25, 0.3) is 0 Å². The maximum atomic E-state index is 13.6. The minimum atomic E-state index is -0.679. The summed E-state index contributed by atoms with van der Waals surface area (Å²) in [6.45, 7) is 5.48. The number of hydrogen-bond donors (Lipinski definition) is 2. The van der Waals surface area contributed by atoms with Gasteiger partial charge in [-0.3, -0.25) is 9.59 Å². The molecule has 0 unspecified atom stereocenters. The molecule has 8 heteroatoms. The lowest BCUT2D eigenvalue weighted by Gasteiger charge is -2.51. The van der Waals surface area contributed by atoms with Crippen molar-refractivity contribution in [1.82, 2.24) is 20.2 Å². The Morgan fingerprint density at radius 1 is 1.17 bits per heavy atom. The molecule has 36 heavy (non-hydrogen) atoms. The second-order valence-corrected chi connectivity index (χ2v) is 9.17. The largest absolute Gasteiger partial charge is 0.497 e. The van der Waals surface area contributed by atoms with E-state index in [1.54, 1.807) is 24.5 Å². The highest BCUT2D eigenvalue weighted by Crippen LogP contribution is 2.38. The van der Waals surface area contributed by atoms with Gasteiger partial charge in [0, 0.05) is 25.6 Å². The lowest BCUT2D eigenvalue weighted by Crippen LogP contribution is -2.66. The molecule has 1 aliphatic heterocycles. The van der Waals surface area contributed by atoms with Gasteiger partial charge in [0.2, 0.25) is 11.8 Å². The molecule has 0 spiro atoms. The molecule has 1 atom stereocenters. The summed E-state index contributed by atoms with van der Waals surface area (Å²) < 4.78 is 11.4. The molecule has 2 heterocycles. The fraction of sp³-hybridized carbons (Fsp3) is 0.393. The number of amides is 2. The highest BCUT2D eigenvalue weighted by atomic mass is 16.5. The van der Waals surface area contributed by atoms with Gasteiger partial charge < -0.3 is 24.7 Å². The van der Waals surface area contributed by atoms with Crippen molar-refractivity contribution in [2.24, 2.45) is 0 Å². The maximum Gasteiger partial charge on any atom is 0.245 e. The molecule has 190 valence electrons. The summed E-state index contributed by atoms with van der Waals surface area (Å²) in [5.41, 5.74) is 3.47. The first kappa shape index (κ1) is 25.4. The minimum Gasteiger partial charge on any atom is -0.497 e. The normalized spacial score (nSPS) is 15.1. The van der Waals surface area contributed by atoms with Crippen LogP contribution in [0.15, 0.2) is 61.1 Å². The van der Waals surface area contributed by atoms with Crippen molar-refractivity contribution >= 4 is 11.8 Å². The van der Waals surface area contributed by atoms with E-state index in [0.717, 1.165) is 28.1 Å². The number of aromatic nitrogens is 2. The fourth-order valence-corrected chi connectivity index (χ4v) is 4.78. The summed E-state index contributed by atoms with van der Waals surface area (Å²) in [5.74, 6) is 0.454. The van der Waals surface area contributed by atoms with Crippen LogP contribution in [0.3, 0.4) is 0 Å². The molecule has 2 amide bonds. The molecule has 0 saturated carbocycles. The SMILES string of the molecule is CCOC1(c2ccccc2C)CN(C(=O)[C@@H](Cc2ccc(OC)cc2)NC(=O)CCc2c[nH]cn2)C1. The summed E-state index contributed by atoms with van der Waals surface area (Å²) >= 11 is 0. The molecule has 2 N–H and O–H groups in total. The molecule has 1 aliphatic rings. The number of likely N-dealkylation sites (tertiary alicyclic amines) is 1. The van der Waals surface area contributed by atoms with E-state index in [1.165, 1.54) is 0 Å². The zero-order valence-electron chi connectivity index (χ0n) is 21.1. The summed E-state index contributed by atoms with van der Waals surface area (Å²) in [6, 6.07) is 15.0. The molecule has 1 saturated heterocycles. The van der Waals surface area contributed by atoms with Gasteiger partial charge in [0.05, 0.1) is 32.2 Å². The third-order valence-corrected chi connectivity index (χ3v) is 6.66. The molecular weight excluding hydrogens is 456 g/mol. The summed E-state index contributed by atoms with van der Waals surface area (Å²) in [4.78, 5) is 35.3. The van der Waals surface area contributed by atoms with Crippen LogP contribution in [-0.4, -0.2) is 59.5 Å². The Labute approximate surface area is 212 Å². The number of aromatic amines is 1. The van der Waals surface area contributed by atoms with Gasteiger partial charge in [0.25, 0.3) is 0 Å². The van der Waals surface area contributed by atoms with Gasteiger partial charge in [0.15, 0.2) is 0 Å². The van der Waals surface area contributed by atoms with Crippen LogP contribution in [0, 0.1) is 6.92 Å². The minimum absolute atomic E-state index is 0.108. The maximum absolute atomic E-state index is 13.6. The Balaban J connectivity index is 1.48. The number of imidazole rings is 1. The van der Waals surface area contributed by atoms with E-state index in [-0.39, 0.29) is 18.2 Å². The number of rotatable bonds is 11. The predicted molar refractivity (Wildman–Crippen MR) is 137 cm³/mol. The Kier molecular flexibility index (Phi) is 8.05. The summed E-state index contributed by atoms with van der Waals surface area (Å²) in [5, 5.41) is 2.98. The number of aryl methyl sites for hydroxylation is 2. The van der Waals surface area contributed by atoms with Crippen LogP contribution in [0.5, 0.6) is 5.75 Å². The van der Waals surface area contributed by atoms with Gasteiger partial charge in [-0.1, -0.05) is 36.4 Å². The molecule has 2 aromatic carbocycles. The second kappa shape index (κ2) is 11.4. The average Bonchev–Trinajstić information content (AvgIpc) is 3.39. The smallest absolute Gasteiger partial charge is 0.245 e. The van der Waals surface area contributed by atoms with Gasteiger partial charge in [-0.25, -0.2) is 4.98 Å². The highest BCUT2D eigenvalue weighted by molar-refractivity contribution is 5.88. The first-order valence-corrected chi connectivity index (χ1v) is 12.3. The number of benzene rings is 2. The van der Waals surface area contributed by atoms with Crippen LogP contribution < -0.4 is 10.1 Å². The van der Waals surface area contributed by atoms with Gasteiger partial charge in [-0.2, -0.15) is 0 Å². The van der Waals surface area contributed by atoms with E-state index >= 15 is 0 Å². The zero-order valence-corrected chi connectivity index (χ0v) is 21.1. The fourth-order valence-electron chi connectivity index (χ4n) is 4.78. The van der Waals surface area contributed by atoms with Gasteiger partial charge in [-0.05, 0) is 49.1 Å². The number of H-pyrrole nitrogens is 1. The number of hydrogen-bond acceptors (Lipinski definition) is 5. The van der Waals surface area contributed by atoms with Crippen molar-refractivity contribution in [3.8, 4) is 5.75 Å².